The highest BCUT2D eigenvalue weighted by Gasteiger charge is 2.21. The van der Waals surface area contributed by atoms with Crippen LogP contribution in [-0.4, -0.2) is 65.1 Å². The molecule has 1 aliphatic rings. The van der Waals surface area contributed by atoms with Crippen molar-refractivity contribution in [3.8, 4) is 40.3 Å². The number of fused-ring (bicyclic) bond motifs is 1. The molecule has 0 radical (unpaired) electrons. The van der Waals surface area contributed by atoms with Gasteiger partial charge < -0.3 is 20.8 Å². The Kier molecular flexibility index (Phi) is 8.11. The highest BCUT2D eigenvalue weighted by atomic mass is 19.3. The molecule has 0 saturated carbocycles. The van der Waals surface area contributed by atoms with Gasteiger partial charge in [-0.1, -0.05) is 12.1 Å². The van der Waals surface area contributed by atoms with E-state index >= 15 is 0 Å². The van der Waals surface area contributed by atoms with Crippen molar-refractivity contribution in [1.82, 2.24) is 39.4 Å². The van der Waals surface area contributed by atoms with Gasteiger partial charge in [0.05, 0.1) is 23.1 Å². The van der Waals surface area contributed by atoms with E-state index in [0.717, 1.165) is 43.7 Å². The number of nitriles is 1. The first-order valence-corrected chi connectivity index (χ1v) is 15.0. The van der Waals surface area contributed by atoms with Gasteiger partial charge >= 0.3 is 6.61 Å². The minimum atomic E-state index is -2.93. The van der Waals surface area contributed by atoms with E-state index in [2.05, 4.69) is 47.0 Å². The topological polar surface area (TPSA) is 159 Å². The molecular weight excluding hydrogens is 604 g/mol. The van der Waals surface area contributed by atoms with Gasteiger partial charge in [-0.05, 0) is 66.9 Å². The van der Waals surface area contributed by atoms with Crippen LogP contribution in [0.25, 0.3) is 39.6 Å². The number of pyridine rings is 2. The molecule has 0 unspecified atom stereocenters. The standard InChI is InChI=1S/C33H29F2N11O/c34-33(35)47-23-5-6-25(40-18-23)26-7-8-27-32(42-26)46(31(43-27)24-9-13-39-30(24)37)22-3-1-20(2-4-22)19-45-15-11-21(12-16-45)41-28-10-14-38-29(17-36)44-28/h1-10,13-14,18,21,33,39H,11-12,15-16,19,37H2,(H,38,41,44). The fourth-order valence-electron chi connectivity index (χ4n) is 5.75. The minimum Gasteiger partial charge on any atom is -0.433 e. The summed E-state index contributed by atoms with van der Waals surface area (Å²) >= 11 is 0. The number of aromatic nitrogens is 7. The van der Waals surface area contributed by atoms with Crippen molar-refractivity contribution < 1.29 is 13.5 Å². The van der Waals surface area contributed by atoms with Crippen LogP contribution >= 0.6 is 0 Å². The van der Waals surface area contributed by atoms with Crippen LogP contribution in [0.1, 0.15) is 24.2 Å². The zero-order chi connectivity index (χ0) is 32.3. The van der Waals surface area contributed by atoms with Crippen molar-refractivity contribution in [2.75, 3.05) is 24.1 Å². The Morgan fingerprint density at radius 1 is 0.979 bits per heavy atom. The average Bonchev–Trinajstić information content (AvgIpc) is 3.69. The summed E-state index contributed by atoms with van der Waals surface area (Å²) in [6.07, 6.45) is 6.52. The number of halogens is 2. The van der Waals surface area contributed by atoms with Crippen molar-refractivity contribution in [2.24, 2.45) is 0 Å². The fraction of sp³-hybridized carbons (Fsp3) is 0.212. The largest absolute Gasteiger partial charge is 0.433 e. The van der Waals surface area contributed by atoms with E-state index in [9.17, 15) is 8.78 Å². The molecule has 6 aromatic rings. The number of nitrogens with two attached hydrogens (primary N) is 1. The summed E-state index contributed by atoms with van der Waals surface area (Å²) in [6.45, 7) is -0.271. The summed E-state index contributed by atoms with van der Waals surface area (Å²) in [5, 5.41) is 12.5. The number of benzene rings is 1. The molecule has 4 N–H and O–H groups in total. The van der Waals surface area contributed by atoms with E-state index in [0.29, 0.717) is 40.0 Å². The van der Waals surface area contributed by atoms with Crippen molar-refractivity contribution in [3.63, 3.8) is 0 Å². The number of aromatic amines is 1. The molecule has 6 heterocycles. The molecule has 14 heteroatoms. The Labute approximate surface area is 267 Å². The van der Waals surface area contributed by atoms with Crippen LogP contribution in [0.3, 0.4) is 0 Å². The number of ether oxygens (including phenoxy) is 1. The lowest BCUT2D eigenvalue weighted by molar-refractivity contribution is -0.0500. The maximum Gasteiger partial charge on any atom is 0.387 e. The molecule has 47 heavy (non-hydrogen) atoms. The van der Waals surface area contributed by atoms with E-state index in [1.165, 1.54) is 17.8 Å². The predicted molar refractivity (Wildman–Crippen MR) is 172 cm³/mol. The number of anilines is 2. The first-order valence-electron chi connectivity index (χ1n) is 15.0. The van der Waals surface area contributed by atoms with Crippen LogP contribution in [0.4, 0.5) is 20.4 Å². The van der Waals surface area contributed by atoms with Gasteiger partial charge in [-0.2, -0.15) is 14.0 Å². The Balaban J connectivity index is 1.11. The van der Waals surface area contributed by atoms with Gasteiger partial charge in [-0.15, -0.1) is 0 Å². The van der Waals surface area contributed by atoms with Crippen LogP contribution in [0, 0.1) is 11.3 Å². The number of nitrogens with zero attached hydrogens (tertiary/aromatic N) is 8. The first kappa shape index (κ1) is 29.8. The predicted octanol–water partition coefficient (Wildman–Crippen LogP) is 5.40. The number of hydrogen-bond acceptors (Lipinski definition) is 10. The Hall–Kier alpha value is -5.94. The number of piperidine rings is 1. The number of likely N-dealkylation sites (tertiary alicyclic amines) is 1. The molecule has 1 fully saturated rings. The van der Waals surface area contributed by atoms with E-state index < -0.39 is 6.61 Å². The van der Waals surface area contributed by atoms with Gasteiger partial charge in [-0.3, -0.25) is 14.5 Å². The highest BCUT2D eigenvalue weighted by Crippen LogP contribution is 2.32. The van der Waals surface area contributed by atoms with Crippen LogP contribution in [-0.2, 0) is 6.54 Å². The number of hydrogen-bond donors (Lipinski definition) is 3. The van der Waals surface area contributed by atoms with E-state index in [-0.39, 0.29) is 17.6 Å². The molecular formula is C33H29F2N11O. The Morgan fingerprint density at radius 2 is 1.79 bits per heavy atom. The summed E-state index contributed by atoms with van der Waals surface area (Å²) in [7, 11) is 0. The maximum absolute atomic E-state index is 12.6. The monoisotopic (exact) mass is 633 g/mol. The van der Waals surface area contributed by atoms with Crippen molar-refractivity contribution in [3.05, 3.63) is 90.6 Å². The normalized spacial score (nSPS) is 14.0. The number of rotatable bonds is 9. The SMILES string of the molecule is N#Cc1nccc(NC2CCN(Cc3ccc(-n4c(-c5cc[nH]c5N)nc5ccc(-c6ccc(OC(F)F)cn6)nc54)cc3)CC2)n1. The quantitative estimate of drug-likeness (QED) is 0.188. The van der Waals surface area contributed by atoms with E-state index in [1.54, 1.807) is 30.6 Å². The fourth-order valence-corrected chi connectivity index (χ4v) is 5.75. The zero-order valence-electron chi connectivity index (χ0n) is 25.0. The molecule has 236 valence electrons. The highest BCUT2D eigenvalue weighted by molar-refractivity contribution is 5.84. The molecule has 7 rings (SSSR count). The summed E-state index contributed by atoms with van der Waals surface area (Å²) in [6, 6.07) is 20.9. The third kappa shape index (κ3) is 6.42. The molecule has 5 aromatic heterocycles. The maximum atomic E-state index is 12.6. The van der Waals surface area contributed by atoms with E-state index in [1.807, 2.05) is 34.9 Å². The third-order valence-corrected chi connectivity index (χ3v) is 8.04. The molecule has 0 aliphatic carbocycles. The smallest absolute Gasteiger partial charge is 0.387 e. The minimum absolute atomic E-state index is 0.0291. The summed E-state index contributed by atoms with van der Waals surface area (Å²) < 4.78 is 31.6. The van der Waals surface area contributed by atoms with Gasteiger partial charge in [0.15, 0.2) is 11.5 Å². The summed E-state index contributed by atoms with van der Waals surface area (Å²) in [5.74, 6) is 1.92. The van der Waals surface area contributed by atoms with Gasteiger partial charge in [0.25, 0.3) is 0 Å². The van der Waals surface area contributed by atoms with Gasteiger partial charge in [0.2, 0.25) is 5.82 Å². The molecule has 1 aromatic carbocycles. The number of alkyl halides is 2. The second-order valence-electron chi connectivity index (χ2n) is 11.1. The van der Waals surface area contributed by atoms with Crippen LogP contribution in [0.5, 0.6) is 5.75 Å². The first-order chi connectivity index (χ1) is 22.9. The zero-order valence-corrected chi connectivity index (χ0v) is 25.0. The number of imidazole rings is 1. The molecule has 0 amide bonds. The number of nitrogens with one attached hydrogen (secondary N) is 2. The molecule has 0 spiro atoms. The lowest BCUT2D eigenvalue weighted by Gasteiger charge is -2.32. The molecule has 1 saturated heterocycles. The molecule has 12 nitrogen and oxygen atoms in total. The van der Waals surface area contributed by atoms with Gasteiger partial charge in [0.1, 0.15) is 29.0 Å². The Morgan fingerprint density at radius 3 is 2.49 bits per heavy atom. The average molecular weight is 634 g/mol. The van der Waals surface area contributed by atoms with Crippen molar-refractivity contribution in [1.29, 1.82) is 5.26 Å². The summed E-state index contributed by atoms with van der Waals surface area (Å²) in [4.78, 5) is 27.7. The van der Waals surface area contributed by atoms with Crippen LogP contribution in [0.15, 0.2) is 79.3 Å². The van der Waals surface area contributed by atoms with Crippen molar-refractivity contribution in [2.45, 2.75) is 32.0 Å². The van der Waals surface area contributed by atoms with E-state index in [4.69, 9.17) is 21.0 Å². The number of nitrogen functional groups attached to an aromatic ring is 1. The lowest BCUT2D eigenvalue weighted by Crippen LogP contribution is -2.38. The number of H-pyrrole nitrogens is 1. The summed E-state index contributed by atoms with van der Waals surface area (Å²) in [5.41, 5.74) is 11.3. The second kappa shape index (κ2) is 12.8. The molecule has 0 atom stereocenters. The van der Waals surface area contributed by atoms with Crippen LogP contribution in [0.2, 0.25) is 0 Å². The van der Waals surface area contributed by atoms with Gasteiger partial charge in [0, 0.05) is 43.8 Å². The second-order valence-corrected chi connectivity index (χ2v) is 11.1. The van der Waals surface area contributed by atoms with Crippen LogP contribution < -0.4 is 15.8 Å². The van der Waals surface area contributed by atoms with Gasteiger partial charge in [-0.25, -0.2) is 19.9 Å². The van der Waals surface area contributed by atoms with Crippen molar-refractivity contribution >= 4 is 22.8 Å². The lowest BCUT2D eigenvalue weighted by atomic mass is 10.0. The third-order valence-electron chi connectivity index (χ3n) is 8.04. The molecule has 0 bridgehead atoms. The molecule has 1 aliphatic heterocycles. The Bertz CT molecular complexity index is 2040.